The fourth-order valence-electron chi connectivity index (χ4n) is 4.22. The van der Waals surface area contributed by atoms with Crippen LogP contribution in [0.2, 0.25) is 0 Å². The van der Waals surface area contributed by atoms with Crippen molar-refractivity contribution in [2.45, 2.75) is 71.0 Å². The highest BCUT2D eigenvalue weighted by Crippen LogP contribution is 2.26. The fraction of sp³-hybridized carbons (Fsp3) is 0.355. The van der Waals surface area contributed by atoms with Gasteiger partial charge in [-0.15, -0.1) is 0 Å². The molecule has 2 unspecified atom stereocenters. The molecule has 0 fully saturated rings. The Morgan fingerprint density at radius 1 is 0.850 bits per heavy atom. The van der Waals surface area contributed by atoms with Crippen molar-refractivity contribution in [3.05, 3.63) is 94.0 Å². The van der Waals surface area contributed by atoms with Crippen molar-refractivity contribution in [2.75, 3.05) is 10.8 Å². The van der Waals surface area contributed by atoms with Crippen LogP contribution in [0.5, 0.6) is 0 Å². The third-order valence-electron chi connectivity index (χ3n) is 6.86. The summed E-state index contributed by atoms with van der Waals surface area (Å²) >= 11 is 3.40. The van der Waals surface area contributed by atoms with Crippen LogP contribution < -0.4 is 9.62 Å². The molecule has 0 heterocycles. The van der Waals surface area contributed by atoms with Crippen LogP contribution in [0, 0.1) is 13.8 Å². The van der Waals surface area contributed by atoms with Crippen molar-refractivity contribution in [3.8, 4) is 0 Å². The Morgan fingerprint density at radius 2 is 1.40 bits per heavy atom. The molecule has 0 aromatic heterocycles. The van der Waals surface area contributed by atoms with Crippen LogP contribution in [0.4, 0.5) is 5.69 Å². The van der Waals surface area contributed by atoms with Gasteiger partial charge in [0.2, 0.25) is 11.8 Å². The lowest BCUT2D eigenvalue weighted by Crippen LogP contribution is -2.53. The molecule has 0 bridgehead atoms. The molecule has 0 aliphatic heterocycles. The van der Waals surface area contributed by atoms with Crippen molar-refractivity contribution >= 4 is 43.5 Å². The minimum absolute atomic E-state index is 0.0564. The van der Waals surface area contributed by atoms with E-state index in [0.717, 1.165) is 31.9 Å². The SMILES string of the molecule is CCC(C)NC(=O)C(CC)N(Cc1ccc(C)cc1)C(=O)CN(c1ccc(Br)cc1)S(=O)(=O)c1ccc(C)cc1. The normalized spacial score (nSPS) is 12.8. The van der Waals surface area contributed by atoms with Gasteiger partial charge in [0.05, 0.1) is 10.6 Å². The Bertz CT molecular complexity index is 1390. The number of halogens is 1. The molecule has 40 heavy (non-hydrogen) atoms. The van der Waals surface area contributed by atoms with Gasteiger partial charge < -0.3 is 10.2 Å². The molecule has 3 aromatic rings. The molecule has 3 rings (SSSR count). The van der Waals surface area contributed by atoms with E-state index in [1.54, 1.807) is 48.5 Å². The molecule has 0 radical (unpaired) electrons. The predicted molar refractivity (Wildman–Crippen MR) is 164 cm³/mol. The summed E-state index contributed by atoms with van der Waals surface area (Å²) in [5, 5.41) is 2.99. The molecular weight excluding hydrogens is 590 g/mol. The van der Waals surface area contributed by atoms with Crippen LogP contribution >= 0.6 is 15.9 Å². The highest BCUT2D eigenvalue weighted by atomic mass is 79.9. The first-order valence-electron chi connectivity index (χ1n) is 13.5. The summed E-state index contributed by atoms with van der Waals surface area (Å²) < 4.78 is 29.7. The molecule has 2 atom stereocenters. The number of benzene rings is 3. The number of anilines is 1. The maximum atomic E-state index is 14.1. The number of rotatable bonds is 12. The second-order valence-electron chi connectivity index (χ2n) is 10.1. The van der Waals surface area contributed by atoms with Crippen LogP contribution in [-0.2, 0) is 26.2 Å². The molecule has 0 saturated carbocycles. The van der Waals surface area contributed by atoms with Gasteiger partial charge in [-0.2, -0.15) is 0 Å². The number of aryl methyl sites for hydroxylation is 2. The summed E-state index contributed by atoms with van der Waals surface area (Å²) in [6, 6.07) is 20.2. The number of carbonyl (C=O) groups excluding carboxylic acids is 2. The van der Waals surface area contributed by atoms with E-state index in [9.17, 15) is 18.0 Å². The van der Waals surface area contributed by atoms with Gasteiger partial charge in [0.15, 0.2) is 0 Å². The first-order chi connectivity index (χ1) is 19.0. The van der Waals surface area contributed by atoms with E-state index >= 15 is 0 Å². The first-order valence-corrected chi connectivity index (χ1v) is 15.7. The lowest BCUT2D eigenvalue weighted by molar-refractivity contribution is -0.140. The van der Waals surface area contributed by atoms with E-state index in [1.807, 2.05) is 58.9 Å². The van der Waals surface area contributed by atoms with Crippen molar-refractivity contribution in [1.29, 1.82) is 0 Å². The molecule has 1 N–H and O–H groups in total. The average molecular weight is 629 g/mol. The number of sulfonamides is 1. The van der Waals surface area contributed by atoms with Gasteiger partial charge in [0, 0.05) is 17.1 Å². The zero-order valence-electron chi connectivity index (χ0n) is 23.7. The summed E-state index contributed by atoms with van der Waals surface area (Å²) in [5.74, 6) is -0.723. The van der Waals surface area contributed by atoms with Gasteiger partial charge in [0.1, 0.15) is 12.6 Å². The Morgan fingerprint density at radius 3 is 1.93 bits per heavy atom. The Kier molecular flexibility index (Phi) is 10.9. The van der Waals surface area contributed by atoms with Gasteiger partial charge in [-0.25, -0.2) is 8.42 Å². The van der Waals surface area contributed by atoms with Crippen LogP contribution in [0.15, 0.2) is 82.2 Å². The number of amides is 2. The summed E-state index contributed by atoms with van der Waals surface area (Å²) in [4.78, 5) is 29.0. The van der Waals surface area contributed by atoms with Gasteiger partial charge in [-0.05, 0) is 75.6 Å². The summed E-state index contributed by atoms with van der Waals surface area (Å²) in [6.07, 6.45) is 1.13. The van der Waals surface area contributed by atoms with E-state index in [1.165, 1.54) is 4.90 Å². The van der Waals surface area contributed by atoms with Crippen molar-refractivity contribution in [1.82, 2.24) is 10.2 Å². The van der Waals surface area contributed by atoms with Crippen LogP contribution in [0.25, 0.3) is 0 Å². The number of carbonyl (C=O) groups is 2. The Balaban J connectivity index is 2.04. The van der Waals surface area contributed by atoms with Crippen molar-refractivity contribution < 1.29 is 18.0 Å². The van der Waals surface area contributed by atoms with E-state index in [2.05, 4.69) is 21.2 Å². The standard InChI is InChI=1S/C31H38BrN3O4S/c1-6-24(5)33-31(37)29(7-2)34(20-25-12-8-22(3)9-13-25)30(36)21-35(27-16-14-26(32)15-17-27)40(38,39)28-18-10-23(4)11-19-28/h8-19,24,29H,6-7,20-21H2,1-5H3,(H,33,37). The Labute approximate surface area is 246 Å². The monoisotopic (exact) mass is 627 g/mol. The summed E-state index contributed by atoms with van der Waals surface area (Å²) in [5.41, 5.74) is 3.20. The van der Waals surface area contributed by atoms with Gasteiger partial charge >= 0.3 is 0 Å². The van der Waals surface area contributed by atoms with E-state index in [-0.39, 0.29) is 23.4 Å². The highest BCUT2D eigenvalue weighted by molar-refractivity contribution is 9.10. The third kappa shape index (κ3) is 7.95. The van der Waals surface area contributed by atoms with Crippen LogP contribution in [0.1, 0.15) is 50.3 Å². The smallest absolute Gasteiger partial charge is 0.264 e. The number of nitrogens with zero attached hydrogens (tertiary/aromatic N) is 2. The van der Waals surface area contributed by atoms with Crippen LogP contribution in [0.3, 0.4) is 0 Å². The molecule has 7 nitrogen and oxygen atoms in total. The van der Waals surface area contributed by atoms with E-state index in [4.69, 9.17) is 0 Å². The minimum atomic E-state index is -4.10. The second-order valence-corrected chi connectivity index (χ2v) is 12.8. The molecule has 0 saturated heterocycles. The second kappa shape index (κ2) is 13.9. The summed E-state index contributed by atoms with van der Waals surface area (Å²) in [7, 11) is -4.10. The topological polar surface area (TPSA) is 86.8 Å². The number of hydrogen-bond donors (Lipinski definition) is 1. The van der Waals surface area contributed by atoms with Crippen molar-refractivity contribution in [2.24, 2.45) is 0 Å². The molecule has 0 aliphatic carbocycles. The van der Waals surface area contributed by atoms with Gasteiger partial charge in [-0.3, -0.25) is 13.9 Å². The largest absolute Gasteiger partial charge is 0.352 e. The third-order valence-corrected chi connectivity index (χ3v) is 9.18. The molecular formula is C31H38BrN3O4S. The molecule has 9 heteroatoms. The summed E-state index contributed by atoms with van der Waals surface area (Å²) in [6.45, 7) is 9.32. The quantitative estimate of drug-likeness (QED) is 0.267. The van der Waals surface area contributed by atoms with Crippen LogP contribution in [-0.4, -0.2) is 43.8 Å². The Hall–Kier alpha value is -3.17. The molecule has 3 aromatic carbocycles. The highest BCUT2D eigenvalue weighted by Gasteiger charge is 2.34. The molecule has 2 amide bonds. The fourth-order valence-corrected chi connectivity index (χ4v) is 5.90. The number of hydrogen-bond acceptors (Lipinski definition) is 4. The molecule has 0 aliphatic rings. The predicted octanol–water partition coefficient (Wildman–Crippen LogP) is 5.98. The maximum absolute atomic E-state index is 14.1. The molecule has 0 spiro atoms. The lowest BCUT2D eigenvalue weighted by atomic mass is 10.1. The van der Waals surface area contributed by atoms with Gasteiger partial charge in [-0.1, -0.05) is 77.3 Å². The van der Waals surface area contributed by atoms with Gasteiger partial charge in [0.25, 0.3) is 10.0 Å². The lowest BCUT2D eigenvalue weighted by Gasteiger charge is -2.33. The zero-order chi connectivity index (χ0) is 29.4. The molecule has 214 valence electrons. The minimum Gasteiger partial charge on any atom is -0.352 e. The maximum Gasteiger partial charge on any atom is 0.264 e. The number of nitrogens with one attached hydrogen (secondary N) is 1. The first kappa shape index (κ1) is 31.4. The zero-order valence-corrected chi connectivity index (χ0v) is 26.1. The van der Waals surface area contributed by atoms with Crippen molar-refractivity contribution in [3.63, 3.8) is 0 Å². The average Bonchev–Trinajstić information content (AvgIpc) is 2.93. The van der Waals surface area contributed by atoms with E-state index < -0.39 is 28.5 Å². The van der Waals surface area contributed by atoms with E-state index in [0.29, 0.717) is 12.1 Å².